The summed E-state index contributed by atoms with van der Waals surface area (Å²) in [6.45, 7) is 3.93. The first kappa shape index (κ1) is 14.4. The van der Waals surface area contributed by atoms with E-state index >= 15 is 0 Å². The highest BCUT2D eigenvalue weighted by molar-refractivity contribution is 7.98. The lowest BCUT2D eigenvalue weighted by molar-refractivity contribution is 0.859. The van der Waals surface area contributed by atoms with E-state index in [1.54, 1.807) is 0 Å². The number of hydrogen-bond acceptors (Lipinski definition) is 4. The SMILES string of the molecule is CCc1nc(SCc2ccc(C)cc2)[nH]c(=O)c1C#N. The lowest BCUT2D eigenvalue weighted by Gasteiger charge is -2.05. The molecule has 102 valence electrons. The molecule has 1 N–H and O–H groups in total. The third-order valence-electron chi connectivity index (χ3n) is 2.92. The van der Waals surface area contributed by atoms with Gasteiger partial charge >= 0.3 is 0 Å². The standard InChI is InChI=1S/C15H15N3OS/c1-3-13-12(8-16)14(19)18-15(17-13)20-9-11-6-4-10(2)5-7-11/h4-7H,3,9H2,1-2H3,(H,17,18,19). The van der Waals surface area contributed by atoms with Crippen molar-refractivity contribution < 1.29 is 0 Å². The fraction of sp³-hybridized carbons (Fsp3) is 0.267. The van der Waals surface area contributed by atoms with Gasteiger partial charge in [0.15, 0.2) is 5.16 Å². The van der Waals surface area contributed by atoms with Crippen LogP contribution >= 0.6 is 11.8 Å². The smallest absolute Gasteiger partial charge is 0.269 e. The molecule has 0 aliphatic carbocycles. The van der Waals surface area contributed by atoms with Gasteiger partial charge in [0.2, 0.25) is 0 Å². The van der Waals surface area contributed by atoms with Crippen molar-refractivity contribution in [3.05, 3.63) is 57.0 Å². The van der Waals surface area contributed by atoms with Crippen molar-refractivity contribution in [1.29, 1.82) is 5.26 Å². The molecule has 0 spiro atoms. The zero-order valence-corrected chi connectivity index (χ0v) is 12.3. The lowest BCUT2D eigenvalue weighted by Crippen LogP contribution is -2.16. The first-order valence-corrected chi connectivity index (χ1v) is 7.34. The quantitative estimate of drug-likeness (QED) is 0.692. The number of rotatable bonds is 4. The number of thioether (sulfide) groups is 1. The number of hydrogen-bond donors (Lipinski definition) is 1. The zero-order valence-electron chi connectivity index (χ0n) is 11.4. The van der Waals surface area contributed by atoms with Crippen LogP contribution in [-0.4, -0.2) is 9.97 Å². The molecular weight excluding hydrogens is 270 g/mol. The van der Waals surface area contributed by atoms with Crippen LogP contribution in [0.2, 0.25) is 0 Å². The normalized spacial score (nSPS) is 10.2. The molecule has 0 saturated heterocycles. The number of benzene rings is 1. The second-order valence-corrected chi connectivity index (χ2v) is 5.40. The number of nitrogens with zero attached hydrogens (tertiary/aromatic N) is 2. The lowest BCUT2D eigenvalue weighted by atomic mass is 10.2. The summed E-state index contributed by atoms with van der Waals surface area (Å²) in [5.74, 6) is 0.734. The van der Waals surface area contributed by atoms with E-state index in [1.165, 1.54) is 22.9 Å². The summed E-state index contributed by atoms with van der Waals surface area (Å²) in [5.41, 5.74) is 2.71. The van der Waals surface area contributed by atoms with E-state index in [1.807, 2.05) is 19.9 Å². The third-order valence-corrected chi connectivity index (χ3v) is 3.86. The number of H-pyrrole nitrogens is 1. The highest BCUT2D eigenvalue weighted by atomic mass is 32.2. The number of nitriles is 1. The molecule has 1 aromatic carbocycles. The van der Waals surface area contributed by atoms with E-state index in [-0.39, 0.29) is 11.1 Å². The molecule has 2 aromatic rings. The summed E-state index contributed by atoms with van der Waals surface area (Å²) in [6.07, 6.45) is 0.574. The van der Waals surface area contributed by atoms with Gasteiger partial charge in [-0.25, -0.2) is 4.98 Å². The molecular formula is C15H15N3OS. The van der Waals surface area contributed by atoms with E-state index in [4.69, 9.17) is 5.26 Å². The van der Waals surface area contributed by atoms with Gasteiger partial charge in [-0.1, -0.05) is 48.5 Å². The predicted molar refractivity (Wildman–Crippen MR) is 79.7 cm³/mol. The maximum Gasteiger partial charge on any atom is 0.269 e. The molecule has 20 heavy (non-hydrogen) atoms. The van der Waals surface area contributed by atoms with Crippen molar-refractivity contribution in [2.75, 3.05) is 0 Å². The molecule has 0 aliphatic rings. The summed E-state index contributed by atoms with van der Waals surface area (Å²) >= 11 is 1.47. The number of aromatic amines is 1. The molecule has 0 bridgehead atoms. The molecule has 1 heterocycles. The van der Waals surface area contributed by atoms with Crippen LogP contribution in [0.15, 0.2) is 34.2 Å². The predicted octanol–water partition coefficient (Wildman–Crippen LogP) is 2.80. The Morgan fingerprint density at radius 3 is 2.65 bits per heavy atom. The van der Waals surface area contributed by atoms with Gasteiger partial charge in [0, 0.05) is 5.75 Å². The first-order chi connectivity index (χ1) is 9.63. The van der Waals surface area contributed by atoms with Crippen LogP contribution < -0.4 is 5.56 Å². The Labute approximate surface area is 121 Å². The summed E-state index contributed by atoms with van der Waals surface area (Å²) in [5, 5.41) is 9.50. The van der Waals surface area contributed by atoms with Crippen LogP contribution in [0.25, 0.3) is 0 Å². The average Bonchev–Trinajstić information content (AvgIpc) is 2.46. The molecule has 0 unspecified atom stereocenters. The molecule has 2 rings (SSSR count). The molecule has 5 heteroatoms. The summed E-state index contributed by atoms with van der Waals surface area (Å²) in [4.78, 5) is 18.8. The van der Waals surface area contributed by atoms with Gasteiger partial charge in [0.05, 0.1) is 5.69 Å². The van der Waals surface area contributed by atoms with E-state index in [2.05, 4.69) is 34.2 Å². The monoisotopic (exact) mass is 285 g/mol. The number of aromatic nitrogens is 2. The van der Waals surface area contributed by atoms with Gasteiger partial charge in [-0.15, -0.1) is 0 Å². The Morgan fingerprint density at radius 2 is 2.05 bits per heavy atom. The molecule has 0 aliphatic heterocycles. The van der Waals surface area contributed by atoms with E-state index in [0.717, 1.165) is 5.75 Å². The van der Waals surface area contributed by atoms with Crippen LogP contribution in [0.3, 0.4) is 0 Å². The zero-order chi connectivity index (χ0) is 14.5. The minimum Gasteiger partial charge on any atom is -0.300 e. The highest BCUT2D eigenvalue weighted by Crippen LogP contribution is 2.19. The Bertz CT molecular complexity index is 699. The second kappa shape index (κ2) is 6.40. The molecule has 0 atom stereocenters. The fourth-order valence-electron chi connectivity index (χ4n) is 1.77. The minimum atomic E-state index is -0.356. The summed E-state index contributed by atoms with van der Waals surface area (Å²) in [6, 6.07) is 10.1. The van der Waals surface area contributed by atoms with Gasteiger partial charge in [0.1, 0.15) is 11.6 Å². The summed E-state index contributed by atoms with van der Waals surface area (Å²) in [7, 11) is 0. The number of nitrogens with one attached hydrogen (secondary N) is 1. The van der Waals surface area contributed by atoms with Crippen LogP contribution in [0, 0.1) is 18.3 Å². The largest absolute Gasteiger partial charge is 0.300 e. The molecule has 0 radical (unpaired) electrons. The van der Waals surface area contributed by atoms with Crippen molar-refractivity contribution in [2.24, 2.45) is 0 Å². The van der Waals surface area contributed by atoms with Crippen molar-refractivity contribution in [2.45, 2.75) is 31.2 Å². The van der Waals surface area contributed by atoms with Gasteiger partial charge in [-0.05, 0) is 18.9 Å². The average molecular weight is 285 g/mol. The molecule has 0 saturated carbocycles. The highest BCUT2D eigenvalue weighted by Gasteiger charge is 2.09. The van der Waals surface area contributed by atoms with Crippen LogP contribution in [0.4, 0.5) is 0 Å². The Kier molecular flexibility index (Phi) is 4.59. The Hall–Kier alpha value is -2.06. The molecule has 0 fully saturated rings. The molecule has 0 amide bonds. The van der Waals surface area contributed by atoms with Crippen molar-refractivity contribution >= 4 is 11.8 Å². The topological polar surface area (TPSA) is 69.5 Å². The van der Waals surface area contributed by atoms with Crippen LogP contribution in [-0.2, 0) is 12.2 Å². The van der Waals surface area contributed by atoms with Crippen LogP contribution in [0.1, 0.15) is 29.3 Å². The van der Waals surface area contributed by atoms with E-state index in [0.29, 0.717) is 17.3 Å². The summed E-state index contributed by atoms with van der Waals surface area (Å²) < 4.78 is 0. The third kappa shape index (κ3) is 3.28. The second-order valence-electron chi connectivity index (χ2n) is 4.43. The maximum absolute atomic E-state index is 11.8. The minimum absolute atomic E-state index is 0.118. The van der Waals surface area contributed by atoms with Gasteiger partial charge in [-0.2, -0.15) is 5.26 Å². The molecule has 4 nitrogen and oxygen atoms in total. The Morgan fingerprint density at radius 1 is 1.35 bits per heavy atom. The van der Waals surface area contributed by atoms with Crippen molar-refractivity contribution in [3.8, 4) is 6.07 Å². The van der Waals surface area contributed by atoms with E-state index in [9.17, 15) is 4.79 Å². The Balaban J connectivity index is 2.18. The fourth-order valence-corrected chi connectivity index (χ4v) is 2.61. The maximum atomic E-state index is 11.8. The van der Waals surface area contributed by atoms with Gasteiger partial charge in [-0.3, -0.25) is 4.79 Å². The molecule has 1 aromatic heterocycles. The first-order valence-electron chi connectivity index (χ1n) is 6.35. The van der Waals surface area contributed by atoms with E-state index < -0.39 is 0 Å². The van der Waals surface area contributed by atoms with Gasteiger partial charge in [0.25, 0.3) is 5.56 Å². The number of aryl methyl sites for hydroxylation is 2. The van der Waals surface area contributed by atoms with Gasteiger partial charge < -0.3 is 4.98 Å². The van der Waals surface area contributed by atoms with Crippen LogP contribution in [0.5, 0.6) is 0 Å². The van der Waals surface area contributed by atoms with Crippen molar-refractivity contribution in [1.82, 2.24) is 9.97 Å². The van der Waals surface area contributed by atoms with Crippen molar-refractivity contribution in [3.63, 3.8) is 0 Å².